The van der Waals surface area contributed by atoms with E-state index in [1.165, 1.54) is 5.56 Å². The molecule has 0 radical (unpaired) electrons. The van der Waals surface area contributed by atoms with Crippen molar-refractivity contribution in [2.45, 2.75) is 38.1 Å². The quantitative estimate of drug-likeness (QED) is 0.855. The third kappa shape index (κ3) is 4.08. The van der Waals surface area contributed by atoms with Gasteiger partial charge < -0.3 is 15.5 Å². The Morgan fingerprint density at radius 2 is 2.17 bits per heavy atom. The molecule has 2 aliphatic heterocycles. The van der Waals surface area contributed by atoms with Gasteiger partial charge in [0.05, 0.1) is 0 Å². The number of amides is 2. The van der Waals surface area contributed by atoms with Crippen molar-refractivity contribution in [3.05, 3.63) is 29.8 Å². The van der Waals surface area contributed by atoms with Crippen molar-refractivity contribution in [3.8, 4) is 0 Å². The highest BCUT2D eigenvalue weighted by molar-refractivity contribution is 5.96. The fraction of sp³-hybridized carbons (Fsp3) is 0.556. The van der Waals surface area contributed by atoms with E-state index in [-0.39, 0.29) is 30.1 Å². The largest absolute Gasteiger partial charge is 0.338 e. The van der Waals surface area contributed by atoms with Crippen LogP contribution in [0.4, 0.5) is 5.69 Å². The van der Waals surface area contributed by atoms with Gasteiger partial charge in [0.2, 0.25) is 11.8 Å². The molecular formula is C18H26ClN3O2. The molecule has 1 fully saturated rings. The lowest BCUT2D eigenvalue weighted by Gasteiger charge is -2.27. The number of halogens is 1. The van der Waals surface area contributed by atoms with E-state index in [2.05, 4.69) is 10.6 Å². The molecule has 0 aliphatic carbocycles. The van der Waals surface area contributed by atoms with E-state index >= 15 is 0 Å². The number of likely N-dealkylation sites (N-methyl/N-ethyl adjacent to an activating group) is 1. The molecule has 0 spiro atoms. The molecule has 2 amide bonds. The molecule has 24 heavy (non-hydrogen) atoms. The lowest BCUT2D eigenvalue weighted by Crippen LogP contribution is -2.41. The molecule has 1 aromatic rings. The normalized spacial score (nSPS) is 22.5. The molecule has 2 unspecified atom stereocenters. The van der Waals surface area contributed by atoms with Crippen LogP contribution in [0.2, 0.25) is 0 Å². The molecule has 0 bridgehead atoms. The number of rotatable bonds is 5. The molecule has 6 heteroatoms. The monoisotopic (exact) mass is 351 g/mol. The highest BCUT2D eigenvalue weighted by atomic mass is 35.5. The van der Waals surface area contributed by atoms with E-state index in [4.69, 9.17) is 0 Å². The number of nitrogens with zero attached hydrogens (tertiary/aromatic N) is 1. The number of fused-ring (bicyclic) bond motifs is 1. The molecule has 1 saturated heterocycles. The molecule has 2 heterocycles. The van der Waals surface area contributed by atoms with Crippen molar-refractivity contribution in [2.75, 3.05) is 25.5 Å². The second-order valence-corrected chi connectivity index (χ2v) is 6.53. The Morgan fingerprint density at radius 1 is 1.38 bits per heavy atom. The number of anilines is 1. The summed E-state index contributed by atoms with van der Waals surface area (Å²) < 4.78 is 0. The second-order valence-electron chi connectivity index (χ2n) is 6.53. The van der Waals surface area contributed by atoms with Crippen LogP contribution in [0.25, 0.3) is 0 Å². The van der Waals surface area contributed by atoms with Gasteiger partial charge in [-0.25, -0.2) is 0 Å². The first-order chi connectivity index (χ1) is 11.2. The lowest BCUT2D eigenvalue weighted by molar-refractivity contribution is -0.132. The third-order valence-corrected chi connectivity index (χ3v) is 4.96. The van der Waals surface area contributed by atoms with Crippen LogP contribution in [-0.2, 0) is 16.0 Å². The average Bonchev–Trinajstić information content (AvgIpc) is 3.01. The second kappa shape index (κ2) is 8.49. The average molecular weight is 352 g/mol. The van der Waals surface area contributed by atoms with Gasteiger partial charge in [-0.2, -0.15) is 0 Å². The Kier molecular flexibility index (Phi) is 6.63. The highest BCUT2D eigenvalue weighted by Gasteiger charge is 2.30. The van der Waals surface area contributed by atoms with Gasteiger partial charge in [-0.1, -0.05) is 18.2 Å². The van der Waals surface area contributed by atoms with Gasteiger partial charge in [0, 0.05) is 37.2 Å². The van der Waals surface area contributed by atoms with Crippen molar-refractivity contribution >= 4 is 29.9 Å². The number of likely N-dealkylation sites (tertiary alicyclic amines) is 1. The number of nitrogens with one attached hydrogen (secondary N) is 2. The molecule has 2 atom stereocenters. The number of benzene rings is 1. The summed E-state index contributed by atoms with van der Waals surface area (Å²) in [6.45, 7) is 1.70. The zero-order valence-electron chi connectivity index (χ0n) is 14.1. The summed E-state index contributed by atoms with van der Waals surface area (Å²) in [4.78, 5) is 26.7. The molecule has 2 N–H and O–H groups in total. The number of hydrogen-bond acceptors (Lipinski definition) is 3. The van der Waals surface area contributed by atoms with E-state index in [9.17, 15) is 9.59 Å². The van der Waals surface area contributed by atoms with Crippen LogP contribution in [0.1, 0.15) is 31.2 Å². The molecule has 2 aliphatic rings. The molecule has 5 nitrogen and oxygen atoms in total. The molecule has 3 rings (SSSR count). The molecule has 132 valence electrons. The Balaban J connectivity index is 0.00000208. The van der Waals surface area contributed by atoms with E-state index in [1.54, 1.807) is 0 Å². The van der Waals surface area contributed by atoms with E-state index in [0.29, 0.717) is 18.9 Å². The number of carbonyl (C=O) groups excluding carboxylic acids is 2. The lowest BCUT2D eigenvalue weighted by atomic mass is 9.89. The van der Waals surface area contributed by atoms with E-state index < -0.39 is 0 Å². The van der Waals surface area contributed by atoms with Gasteiger partial charge in [0.1, 0.15) is 0 Å². The smallest absolute Gasteiger partial charge is 0.227 e. The zero-order valence-corrected chi connectivity index (χ0v) is 14.9. The molecule has 0 aromatic heterocycles. The van der Waals surface area contributed by atoms with Gasteiger partial charge in [-0.3, -0.25) is 9.59 Å². The van der Waals surface area contributed by atoms with Crippen LogP contribution >= 0.6 is 12.4 Å². The summed E-state index contributed by atoms with van der Waals surface area (Å²) in [7, 11) is 1.92. The fourth-order valence-corrected chi connectivity index (χ4v) is 3.70. The van der Waals surface area contributed by atoms with Crippen molar-refractivity contribution < 1.29 is 9.59 Å². The SMILES string of the molecule is CNCC1CCCN1C(=O)CCC1Cc2ccccc2NC1=O.Cl. The number of hydrogen-bond donors (Lipinski definition) is 2. The van der Waals surface area contributed by atoms with Gasteiger partial charge >= 0.3 is 0 Å². The summed E-state index contributed by atoms with van der Waals surface area (Å²) in [5.74, 6) is 0.137. The summed E-state index contributed by atoms with van der Waals surface area (Å²) in [5.41, 5.74) is 2.08. The van der Waals surface area contributed by atoms with Gasteiger partial charge in [0.25, 0.3) is 0 Å². The topological polar surface area (TPSA) is 61.4 Å². The first-order valence-electron chi connectivity index (χ1n) is 8.52. The Morgan fingerprint density at radius 3 is 2.96 bits per heavy atom. The minimum atomic E-state index is -0.0980. The molecular weight excluding hydrogens is 326 g/mol. The van der Waals surface area contributed by atoms with Crippen LogP contribution in [0, 0.1) is 5.92 Å². The van der Waals surface area contributed by atoms with Crippen LogP contribution in [0.15, 0.2) is 24.3 Å². The standard InChI is InChI=1S/C18H25N3O2.ClH/c1-19-12-15-6-4-10-21(15)17(22)9-8-14-11-13-5-2-3-7-16(13)20-18(14)23;/h2-3,5,7,14-15,19H,4,6,8-12H2,1H3,(H,20,23);1H. The minimum absolute atomic E-state index is 0. The summed E-state index contributed by atoms with van der Waals surface area (Å²) in [6.07, 6.45) is 3.97. The zero-order chi connectivity index (χ0) is 16.2. The first kappa shape index (κ1) is 18.7. The van der Waals surface area contributed by atoms with E-state index in [0.717, 1.165) is 38.0 Å². The first-order valence-corrected chi connectivity index (χ1v) is 8.52. The highest BCUT2D eigenvalue weighted by Crippen LogP contribution is 2.28. The van der Waals surface area contributed by atoms with Crippen molar-refractivity contribution in [3.63, 3.8) is 0 Å². The maximum absolute atomic E-state index is 12.5. The number of carbonyl (C=O) groups is 2. The minimum Gasteiger partial charge on any atom is -0.338 e. The molecule has 0 saturated carbocycles. The summed E-state index contributed by atoms with van der Waals surface area (Å²) >= 11 is 0. The number of para-hydroxylation sites is 1. The maximum Gasteiger partial charge on any atom is 0.227 e. The predicted molar refractivity (Wildman–Crippen MR) is 97.4 cm³/mol. The Bertz CT molecular complexity index is 593. The van der Waals surface area contributed by atoms with Crippen LogP contribution in [-0.4, -0.2) is 42.9 Å². The van der Waals surface area contributed by atoms with Crippen LogP contribution in [0.3, 0.4) is 0 Å². The maximum atomic E-state index is 12.5. The van der Waals surface area contributed by atoms with Gasteiger partial charge in [-0.15, -0.1) is 12.4 Å². The van der Waals surface area contributed by atoms with Crippen LogP contribution < -0.4 is 10.6 Å². The Hall–Kier alpha value is -1.59. The van der Waals surface area contributed by atoms with Gasteiger partial charge in [0.15, 0.2) is 0 Å². The Labute approximate surface area is 149 Å². The van der Waals surface area contributed by atoms with Crippen molar-refractivity contribution in [1.82, 2.24) is 10.2 Å². The van der Waals surface area contributed by atoms with Crippen molar-refractivity contribution in [1.29, 1.82) is 0 Å². The van der Waals surface area contributed by atoms with E-state index in [1.807, 2.05) is 36.2 Å². The predicted octanol–water partition coefficient (Wildman–Crippen LogP) is 2.21. The fourth-order valence-electron chi connectivity index (χ4n) is 3.70. The summed E-state index contributed by atoms with van der Waals surface area (Å²) in [6, 6.07) is 8.21. The third-order valence-electron chi connectivity index (χ3n) is 4.96. The van der Waals surface area contributed by atoms with Crippen molar-refractivity contribution in [2.24, 2.45) is 5.92 Å². The van der Waals surface area contributed by atoms with Gasteiger partial charge in [-0.05, 0) is 44.4 Å². The van der Waals surface area contributed by atoms with Crippen LogP contribution in [0.5, 0.6) is 0 Å². The molecule has 1 aromatic carbocycles. The summed E-state index contributed by atoms with van der Waals surface area (Å²) in [5, 5.41) is 6.12.